The molecule has 29 heavy (non-hydrogen) atoms. The molecule has 0 saturated carbocycles. The summed E-state index contributed by atoms with van der Waals surface area (Å²) in [5.41, 5.74) is 3.32. The van der Waals surface area contributed by atoms with Gasteiger partial charge in [0.15, 0.2) is 0 Å². The highest BCUT2D eigenvalue weighted by Crippen LogP contribution is 2.48. The summed E-state index contributed by atoms with van der Waals surface area (Å²) < 4.78 is 26.0. The third-order valence-corrected chi connectivity index (χ3v) is 5.58. The highest BCUT2D eigenvalue weighted by molar-refractivity contribution is 6.30. The van der Waals surface area contributed by atoms with E-state index in [0.717, 1.165) is 22.6 Å². The van der Waals surface area contributed by atoms with Crippen LogP contribution in [-0.4, -0.2) is 17.8 Å². The number of benzene rings is 3. The lowest BCUT2D eigenvalue weighted by Gasteiger charge is -2.38. The van der Waals surface area contributed by atoms with E-state index < -0.39 is 6.23 Å². The molecule has 0 aromatic heterocycles. The molecule has 146 valence electrons. The van der Waals surface area contributed by atoms with Crippen LogP contribution in [0.15, 0.2) is 71.8 Å². The summed E-state index contributed by atoms with van der Waals surface area (Å²) >= 11 is 6.25. The van der Waals surface area contributed by atoms with Crippen molar-refractivity contribution in [3.05, 3.63) is 94.3 Å². The molecule has 2 aliphatic heterocycles. The maximum Gasteiger partial charge on any atom is 0.216 e. The number of hydrogen-bond acceptors (Lipinski definition) is 4. The highest BCUT2D eigenvalue weighted by atomic mass is 35.5. The summed E-state index contributed by atoms with van der Waals surface area (Å²) in [5, 5.41) is 7.32. The molecule has 0 unspecified atom stereocenters. The molecule has 2 heterocycles. The molecule has 0 amide bonds. The number of hydrazone groups is 1. The Morgan fingerprint density at radius 1 is 1.07 bits per heavy atom. The summed E-state index contributed by atoms with van der Waals surface area (Å²) in [6.07, 6.45) is 0.0270. The lowest BCUT2D eigenvalue weighted by atomic mass is 9.96. The van der Waals surface area contributed by atoms with Gasteiger partial charge in [0.25, 0.3) is 0 Å². The van der Waals surface area contributed by atoms with Gasteiger partial charge in [-0.25, -0.2) is 9.40 Å². The first-order valence-electron chi connectivity index (χ1n) is 9.35. The zero-order valence-corrected chi connectivity index (χ0v) is 16.4. The molecule has 2 atom stereocenters. The first-order valence-corrected chi connectivity index (χ1v) is 9.72. The van der Waals surface area contributed by atoms with Gasteiger partial charge in [-0.05, 0) is 54.1 Å². The van der Waals surface area contributed by atoms with E-state index >= 15 is 0 Å². The first kappa shape index (κ1) is 18.0. The second-order valence-electron chi connectivity index (χ2n) is 7.05. The van der Waals surface area contributed by atoms with Crippen LogP contribution in [0.2, 0.25) is 5.02 Å². The SMILES string of the molecule is COc1ccc(C2=NN3[C@@H](C2)c2cc(Cl)ccc2O[C@H]3c2ccccc2F)cc1. The topological polar surface area (TPSA) is 34.1 Å². The molecular weight excluding hydrogens is 391 g/mol. The van der Waals surface area contributed by atoms with Crippen molar-refractivity contribution in [3.63, 3.8) is 0 Å². The molecule has 0 aliphatic carbocycles. The van der Waals surface area contributed by atoms with E-state index in [9.17, 15) is 4.39 Å². The molecule has 3 aromatic rings. The molecule has 4 nitrogen and oxygen atoms in total. The van der Waals surface area contributed by atoms with Gasteiger partial charge in [-0.2, -0.15) is 5.10 Å². The van der Waals surface area contributed by atoms with Gasteiger partial charge in [0.1, 0.15) is 17.3 Å². The molecule has 6 heteroatoms. The van der Waals surface area contributed by atoms with E-state index in [0.29, 0.717) is 22.8 Å². The van der Waals surface area contributed by atoms with Gasteiger partial charge in [0.05, 0.1) is 24.4 Å². The Labute approximate surface area is 173 Å². The van der Waals surface area contributed by atoms with E-state index in [2.05, 4.69) is 0 Å². The average Bonchev–Trinajstić information content (AvgIpc) is 3.20. The highest BCUT2D eigenvalue weighted by Gasteiger charge is 2.41. The lowest BCUT2D eigenvalue weighted by molar-refractivity contribution is -0.0211. The monoisotopic (exact) mass is 408 g/mol. The number of rotatable bonds is 3. The third-order valence-electron chi connectivity index (χ3n) is 5.35. The van der Waals surface area contributed by atoms with Gasteiger partial charge in [-0.15, -0.1) is 0 Å². The smallest absolute Gasteiger partial charge is 0.216 e. The Morgan fingerprint density at radius 3 is 2.62 bits per heavy atom. The Hall–Kier alpha value is -3.05. The maximum atomic E-state index is 14.6. The minimum Gasteiger partial charge on any atom is -0.497 e. The Bertz CT molecular complexity index is 1100. The Kier molecular flexibility index (Phi) is 4.40. The van der Waals surface area contributed by atoms with Crippen molar-refractivity contribution in [1.29, 1.82) is 0 Å². The first-order chi connectivity index (χ1) is 14.1. The van der Waals surface area contributed by atoms with E-state index in [1.165, 1.54) is 6.07 Å². The van der Waals surface area contributed by atoms with E-state index in [-0.39, 0.29) is 11.9 Å². The minimum absolute atomic E-state index is 0.0841. The Morgan fingerprint density at radius 2 is 1.86 bits per heavy atom. The van der Waals surface area contributed by atoms with Crippen molar-refractivity contribution in [2.75, 3.05) is 7.11 Å². The van der Waals surface area contributed by atoms with Crippen LogP contribution in [0.5, 0.6) is 11.5 Å². The second-order valence-corrected chi connectivity index (χ2v) is 7.49. The molecule has 3 aromatic carbocycles. The predicted octanol–water partition coefficient (Wildman–Crippen LogP) is 5.73. The summed E-state index contributed by atoms with van der Waals surface area (Å²) in [4.78, 5) is 0. The summed E-state index contributed by atoms with van der Waals surface area (Å²) in [7, 11) is 1.64. The fourth-order valence-electron chi connectivity index (χ4n) is 3.90. The number of nitrogens with zero attached hydrogens (tertiary/aromatic N) is 2. The van der Waals surface area contributed by atoms with Crippen molar-refractivity contribution >= 4 is 17.3 Å². The van der Waals surface area contributed by atoms with Gasteiger partial charge < -0.3 is 9.47 Å². The number of methoxy groups -OCH3 is 1. The molecule has 5 rings (SSSR count). The van der Waals surface area contributed by atoms with Crippen LogP contribution in [0.25, 0.3) is 0 Å². The van der Waals surface area contributed by atoms with Gasteiger partial charge >= 0.3 is 0 Å². The minimum atomic E-state index is -0.648. The van der Waals surface area contributed by atoms with Crippen LogP contribution >= 0.6 is 11.6 Å². The van der Waals surface area contributed by atoms with Crippen LogP contribution in [0, 0.1) is 5.82 Å². The third kappa shape index (κ3) is 3.12. The normalized spacial score (nSPS) is 19.8. The second kappa shape index (κ2) is 7.08. The van der Waals surface area contributed by atoms with Gasteiger partial charge in [-0.3, -0.25) is 0 Å². The largest absolute Gasteiger partial charge is 0.497 e. The summed E-state index contributed by atoms with van der Waals surface area (Å²) in [5.74, 6) is 1.17. The molecule has 0 radical (unpaired) electrons. The fraction of sp³-hybridized carbons (Fsp3) is 0.174. The van der Waals surface area contributed by atoms with Crippen molar-refractivity contribution in [2.24, 2.45) is 5.10 Å². The van der Waals surface area contributed by atoms with Crippen LogP contribution in [-0.2, 0) is 0 Å². The van der Waals surface area contributed by atoms with Gasteiger partial charge in [0, 0.05) is 17.0 Å². The average molecular weight is 409 g/mol. The molecule has 0 bridgehead atoms. The van der Waals surface area contributed by atoms with Crippen molar-refractivity contribution < 1.29 is 13.9 Å². The quantitative estimate of drug-likeness (QED) is 0.555. The van der Waals surface area contributed by atoms with Crippen molar-refractivity contribution in [2.45, 2.75) is 18.7 Å². The van der Waals surface area contributed by atoms with E-state index in [1.54, 1.807) is 31.4 Å². The zero-order chi connectivity index (χ0) is 20.0. The van der Waals surface area contributed by atoms with Crippen molar-refractivity contribution in [3.8, 4) is 11.5 Å². The van der Waals surface area contributed by atoms with Crippen LogP contribution < -0.4 is 9.47 Å². The summed E-state index contributed by atoms with van der Waals surface area (Å²) in [6, 6.07) is 19.9. The van der Waals surface area contributed by atoms with Gasteiger partial charge in [0.2, 0.25) is 6.23 Å². The lowest BCUT2D eigenvalue weighted by Crippen LogP contribution is -2.34. The molecule has 2 aliphatic rings. The number of fused-ring (bicyclic) bond motifs is 3. The molecule has 0 fully saturated rings. The summed E-state index contributed by atoms with van der Waals surface area (Å²) in [6.45, 7) is 0. The predicted molar refractivity (Wildman–Crippen MR) is 110 cm³/mol. The van der Waals surface area contributed by atoms with Crippen LogP contribution in [0.1, 0.15) is 35.4 Å². The zero-order valence-electron chi connectivity index (χ0n) is 15.7. The number of halogens is 2. The van der Waals surface area contributed by atoms with Crippen molar-refractivity contribution in [1.82, 2.24) is 5.01 Å². The van der Waals surface area contributed by atoms with Crippen LogP contribution in [0.4, 0.5) is 4.39 Å². The standard InChI is InChI=1S/C23H18ClFN2O2/c1-28-16-9-6-14(7-10-16)20-13-21-18-12-15(24)8-11-22(18)29-23(27(21)26-20)17-4-2-3-5-19(17)25/h2-12,21,23H,13H2,1H3/t21-,23-/m0/s1. The molecular formula is C23H18ClFN2O2. The molecule has 0 spiro atoms. The maximum absolute atomic E-state index is 14.6. The molecule has 0 N–H and O–H groups in total. The van der Waals surface area contributed by atoms with Crippen LogP contribution in [0.3, 0.4) is 0 Å². The molecule has 0 saturated heterocycles. The fourth-order valence-corrected chi connectivity index (χ4v) is 4.08. The Balaban J connectivity index is 1.59. The number of hydrogen-bond donors (Lipinski definition) is 0. The number of ether oxygens (including phenoxy) is 2. The van der Waals surface area contributed by atoms with E-state index in [1.807, 2.05) is 41.4 Å². The van der Waals surface area contributed by atoms with E-state index in [4.69, 9.17) is 26.2 Å². The van der Waals surface area contributed by atoms with Gasteiger partial charge in [-0.1, -0.05) is 29.8 Å².